The first-order valence-corrected chi connectivity index (χ1v) is 9.47. The number of rotatable bonds is 4. The lowest BCUT2D eigenvalue weighted by molar-refractivity contribution is 0.464. The van der Waals surface area contributed by atoms with E-state index in [0.717, 1.165) is 53.4 Å². The van der Waals surface area contributed by atoms with Crippen molar-refractivity contribution >= 4 is 23.4 Å². The van der Waals surface area contributed by atoms with E-state index in [-0.39, 0.29) is 12.4 Å². The Morgan fingerprint density at radius 1 is 1.11 bits per heavy atom. The van der Waals surface area contributed by atoms with E-state index in [2.05, 4.69) is 27.5 Å². The Bertz CT molecular complexity index is 1080. The number of ether oxygens (including phenoxy) is 1. The Kier molecular flexibility index (Phi) is 5.05. The van der Waals surface area contributed by atoms with Crippen LogP contribution in [0.2, 0.25) is 0 Å². The molecule has 0 atom stereocenters. The molecular formula is C21H22ClN5O. The second-order valence-corrected chi connectivity index (χ2v) is 6.81. The van der Waals surface area contributed by atoms with Gasteiger partial charge in [-0.2, -0.15) is 10.1 Å². The van der Waals surface area contributed by atoms with Crippen molar-refractivity contribution in [3.8, 4) is 22.9 Å². The summed E-state index contributed by atoms with van der Waals surface area (Å²) in [6.45, 7) is 3.93. The summed E-state index contributed by atoms with van der Waals surface area (Å²) in [5, 5.41) is 4.73. The van der Waals surface area contributed by atoms with Crippen molar-refractivity contribution in [3.63, 3.8) is 0 Å². The summed E-state index contributed by atoms with van der Waals surface area (Å²) in [6.07, 6.45) is 7.26. The van der Waals surface area contributed by atoms with Crippen LogP contribution in [0, 0.1) is 0 Å². The van der Waals surface area contributed by atoms with Gasteiger partial charge in [0.1, 0.15) is 22.8 Å². The van der Waals surface area contributed by atoms with Gasteiger partial charge in [0.15, 0.2) is 0 Å². The minimum Gasteiger partial charge on any atom is -0.438 e. The van der Waals surface area contributed by atoms with Crippen LogP contribution in [-0.2, 0) is 19.5 Å². The number of pyridine rings is 1. The summed E-state index contributed by atoms with van der Waals surface area (Å²) in [7, 11) is 0. The zero-order valence-electron chi connectivity index (χ0n) is 15.7. The van der Waals surface area contributed by atoms with Crippen LogP contribution in [0.3, 0.4) is 0 Å². The second-order valence-electron chi connectivity index (χ2n) is 6.81. The van der Waals surface area contributed by atoms with Gasteiger partial charge in [0.25, 0.3) is 0 Å². The maximum atomic E-state index is 5.96. The molecule has 0 bridgehead atoms. The highest BCUT2D eigenvalue weighted by atomic mass is 35.5. The van der Waals surface area contributed by atoms with Crippen molar-refractivity contribution in [1.82, 2.24) is 24.3 Å². The standard InChI is InChI=1S/C21H21N5O.ClH/c1-2-26-17-6-5-12-22-21(17)20(24-26)15-8-10-16(11-9-15)27-19-14-25-13-4-3-7-18(25)23-19;/h5-6,8-12,14H,2-4,7,13H2,1H3;1H. The van der Waals surface area contributed by atoms with Gasteiger partial charge < -0.3 is 9.30 Å². The molecule has 1 aliphatic rings. The van der Waals surface area contributed by atoms with Crippen molar-refractivity contribution in [2.75, 3.05) is 0 Å². The second kappa shape index (κ2) is 7.64. The number of halogens is 1. The maximum absolute atomic E-state index is 5.96. The van der Waals surface area contributed by atoms with Crippen LogP contribution < -0.4 is 4.74 Å². The molecule has 5 rings (SSSR count). The molecule has 0 fully saturated rings. The summed E-state index contributed by atoms with van der Waals surface area (Å²) in [6, 6.07) is 12.0. The minimum atomic E-state index is 0. The summed E-state index contributed by atoms with van der Waals surface area (Å²) in [5.41, 5.74) is 3.91. The normalized spacial score (nSPS) is 13.2. The Labute approximate surface area is 169 Å². The van der Waals surface area contributed by atoms with Gasteiger partial charge in [-0.15, -0.1) is 12.4 Å². The van der Waals surface area contributed by atoms with Crippen LogP contribution in [0.25, 0.3) is 22.3 Å². The number of hydrogen-bond acceptors (Lipinski definition) is 4. The Morgan fingerprint density at radius 3 is 2.75 bits per heavy atom. The smallest absolute Gasteiger partial charge is 0.237 e. The molecule has 7 heteroatoms. The van der Waals surface area contributed by atoms with Gasteiger partial charge >= 0.3 is 0 Å². The Morgan fingerprint density at radius 2 is 1.96 bits per heavy atom. The molecule has 0 amide bonds. The molecule has 144 valence electrons. The number of aryl methyl sites for hydroxylation is 3. The Hall–Kier alpha value is -2.86. The fraction of sp³-hybridized carbons (Fsp3) is 0.286. The quantitative estimate of drug-likeness (QED) is 0.495. The number of fused-ring (bicyclic) bond motifs is 2. The van der Waals surface area contributed by atoms with Gasteiger partial charge in [-0.1, -0.05) is 0 Å². The molecule has 3 aromatic heterocycles. The molecule has 28 heavy (non-hydrogen) atoms. The van der Waals surface area contributed by atoms with E-state index in [4.69, 9.17) is 9.84 Å². The topological polar surface area (TPSA) is 57.8 Å². The third-order valence-corrected chi connectivity index (χ3v) is 5.05. The van der Waals surface area contributed by atoms with Gasteiger partial charge in [-0.25, -0.2) is 0 Å². The monoisotopic (exact) mass is 395 g/mol. The number of aromatic nitrogens is 5. The van der Waals surface area contributed by atoms with E-state index >= 15 is 0 Å². The molecule has 4 heterocycles. The molecule has 0 saturated carbocycles. The molecule has 6 nitrogen and oxygen atoms in total. The van der Waals surface area contributed by atoms with Crippen molar-refractivity contribution in [2.45, 2.75) is 39.3 Å². The van der Waals surface area contributed by atoms with E-state index in [0.29, 0.717) is 5.88 Å². The van der Waals surface area contributed by atoms with Crippen molar-refractivity contribution in [2.24, 2.45) is 0 Å². The van der Waals surface area contributed by atoms with E-state index in [1.165, 1.54) is 12.8 Å². The zero-order valence-corrected chi connectivity index (χ0v) is 16.5. The summed E-state index contributed by atoms with van der Waals surface area (Å²) in [5.74, 6) is 2.57. The zero-order chi connectivity index (χ0) is 18.2. The number of benzene rings is 1. The first kappa shape index (κ1) is 18.5. The number of imidazole rings is 1. The molecule has 4 aromatic rings. The van der Waals surface area contributed by atoms with Crippen molar-refractivity contribution in [1.29, 1.82) is 0 Å². The average molecular weight is 396 g/mol. The summed E-state index contributed by atoms with van der Waals surface area (Å²) >= 11 is 0. The van der Waals surface area contributed by atoms with E-state index in [1.807, 2.05) is 47.4 Å². The third-order valence-electron chi connectivity index (χ3n) is 5.05. The van der Waals surface area contributed by atoms with E-state index < -0.39 is 0 Å². The highest BCUT2D eigenvalue weighted by molar-refractivity contribution is 5.89. The SMILES string of the molecule is CCn1nc(-c2ccc(Oc3cn4c(n3)CCCC4)cc2)c2ncccc21.Cl. The van der Waals surface area contributed by atoms with Crippen molar-refractivity contribution in [3.05, 3.63) is 54.6 Å². The largest absolute Gasteiger partial charge is 0.438 e. The van der Waals surface area contributed by atoms with Crippen LogP contribution in [0.15, 0.2) is 48.8 Å². The molecule has 0 N–H and O–H groups in total. The lowest BCUT2D eigenvalue weighted by Crippen LogP contribution is -2.08. The molecule has 0 aliphatic carbocycles. The van der Waals surface area contributed by atoms with Crippen LogP contribution in [0.5, 0.6) is 11.6 Å². The minimum absolute atomic E-state index is 0. The fourth-order valence-electron chi connectivity index (χ4n) is 3.68. The highest BCUT2D eigenvalue weighted by Crippen LogP contribution is 2.29. The van der Waals surface area contributed by atoms with E-state index in [9.17, 15) is 0 Å². The predicted octanol–water partition coefficient (Wildman–Crippen LogP) is 4.87. The first-order valence-electron chi connectivity index (χ1n) is 9.47. The van der Waals surface area contributed by atoms with Gasteiger partial charge in [-0.05, 0) is 56.2 Å². The molecule has 0 saturated heterocycles. The molecule has 1 aromatic carbocycles. The van der Waals surface area contributed by atoms with E-state index in [1.54, 1.807) is 0 Å². The van der Waals surface area contributed by atoms with Crippen LogP contribution in [-0.4, -0.2) is 24.3 Å². The van der Waals surface area contributed by atoms with Gasteiger partial charge in [0.05, 0.1) is 11.7 Å². The van der Waals surface area contributed by atoms with Crippen molar-refractivity contribution < 1.29 is 4.74 Å². The Balaban J connectivity index is 0.00000192. The molecule has 0 radical (unpaired) electrons. The predicted molar refractivity (Wildman–Crippen MR) is 111 cm³/mol. The van der Waals surface area contributed by atoms with Gasteiger partial charge in [-0.3, -0.25) is 9.67 Å². The third kappa shape index (κ3) is 3.24. The van der Waals surface area contributed by atoms with Gasteiger partial charge in [0.2, 0.25) is 5.88 Å². The van der Waals surface area contributed by atoms with Crippen LogP contribution in [0.4, 0.5) is 0 Å². The van der Waals surface area contributed by atoms with Gasteiger partial charge in [0, 0.05) is 31.3 Å². The number of hydrogen-bond donors (Lipinski definition) is 0. The maximum Gasteiger partial charge on any atom is 0.237 e. The highest BCUT2D eigenvalue weighted by Gasteiger charge is 2.15. The fourth-order valence-corrected chi connectivity index (χ4v) is 3.68. The summed E-state index contributed by atoms with van der Waals surface area (Å²) in [4.78, 5) is 9.12. The first-order chi connectivity index (χ1) is 13.3. The molecule has 1 aliphatic heterocycles. The summed E-state index contributed by atoms with van der Waals surface area (Å²) < 4.78 is 10.1. The van der Waals surface area contributed by atoms with Crippen LogP contribution in [0.1, 0.15) is 25.6 Å². The molecular weight excluding hydrogens is 374 g/mol. The molecule has 0 spiro atoms. The lowest BCUT2D eigenvalue weighted by atomic mass is 10.1. The number of nitrogens with zero attached hydrogens (tertiary/aromatic N) is 5. The molecule has 0 unspecified atom stereocenters. The van der Waals surface area contributed by atoms with Crippen LogP contribution >= 0.6 is 12.4 Å². The average Bonchev–Trinajstić information content (AvgIpc) is 3.29. The lowest BCUT2D eigenvalue weighted by Gasteiger charge is -2.11.